The Morgan fingerprint density at radius 2 is 2.00 bits per heavy atom. The highest BCUT2D eigenvalue weighted by Crippen LogP contribution is 2.42. The zero-order valence-corrected chi connectivity index (χ0v) is 13.0. The molecule has 1 atom stereocenters. The number of carboxylic acids is 1. The summed E-state index contributed by atoms with van der Waals surface area (Å²) in [5.74, 6) is -1.83. The second-order valence-electron chi connectivity index (χ2n) is 6.04. The number of amides is 1. The molecule has 0 spiro atoms. The molecule has 8 heteroatoms. The monoisotopic (exact) mass is 337 g/mol. The SMILES string of the molecule is CC(NC(=O)C1(C(=O)O)CCC1)c1nc2ccccc2n1C(F)F. The van der Waals surface area contributed by atoms with Crippen LogP contribution in [0.4, 0.5) is 8.78 Å². The molecule has 0 radical (unpaired) electrons. The Labute approximate surface area is 136 Å². The van der Waals surface area contributed by atoms with Crippen LogP contribution in [-0.2, 0) is 9.59 Å². The number of carbonyl (C=O) groups is 2. The Morgan fingerprint density at radius 1 is 1.33 bits per heavy atom. The molecule has 1 unspecified atom stereocenters. The number of imidazole rings is 1. The quantitative estimate of drug-likeness (QED) is 0.822. The normalized spacial score (nSPS) is 17.5. The average molecular weight is 337 g/mol. The van der Waals surface area contributed by atoms with Gasteiger partial charge in [0.15, 0.2) is 0 Å². The molecule has 1 aromatic carbocycles. The van der Waals surface area contributed by atoms with Gasteiger partial charge in [-0.2, -0.15) is 8.78 Å². The van der Waals surface area contributed by atoms with Crippen molar-refractivity contribution in [2.45, 2.75) is 38.8 Å². The molecule has 1 aliphatic carbocycles. The van der Waals surface area contributed by atoms with Crippen molar-refractivity contribution >= 4 is 22.9 Å². The molecule has 3 rings (SSSR count). The molecule has 1 aliphatic rings. The molecular weight excluding hydrogens is 320 g/mol. The molecule has 128 valence electrons. The van der Waals surface area contributed by atoms with Gasteiger partial charge in [0, 0.05) is 0 Å². The lowest BCUT2D eigenvalue weighted by atomic mass is 9.68. The minimum absolute atomic E-state index is 0.000544. The van der Waals surface area contributed by atoms with E-state index in [2.05, 4.69) is 10.3 Å². The van der Waals surface area contributed by atoms with Gasteiger partial charge in [-0.3, -0.25) is 14.2 Å². The number of halogens is 2. The summed E-state index contributed by atoms with van der Waals surface area (Å²) in [5, 5.41) is 11.8. The Bertz CT molecular complexity index is 799. The van der Waals surface area contributed by atoms with Crippen LogP contribution >= 0.6 is 0 Å². The summed E-state index contributed by atoms with van der Waals surface area (Å²) < 4.78 is 27.6. The number of aliphatic carboxylic acids is 1. The van der Waals surface area contributed by atoms with Crippen molar-refractivity contribution in [1.29, 1.82) is 0 Å². The van der Waals surface area contributed by atoms with Crippen LogP contribution in [0.15, 0.2) is 24.3 Å². The van der Waals surface area contributed by atoms with Gasteiger partial charge in [-0.1, -0.05) is 18.6 Å². The van der Waals surface area contributed by atoms with Gasteiger partial charge in [-0.25, -0.2) is 4.98 Å². The lowest BCUT2D eigenvalue weighted by Gasteiger charge is -2.36. The first-order valence-corrected chi connectivity index (χ1v) is 7.66. The maximum Gasteiger partial charge on any atom is 0.320 e. The minimum Gasteiger partial charge on any atom is -0.480 e. The molecule has 1 aromatic heterocycles. The van der Waals surface area contributed by atoms with Crippen LogP contribution in [0, 0.1) is 5.41 Å². The van der Waals surface area contributed by atoms with Crippen molar-refractivity contribution in [1.82, 2.24) is 14.9 Å². The first-order chi connectivity index (χ1) is 11.4. The third-order valence-electron chi connectivity index (χ3n) is 4.60. The van der Waals surface area contributed by atoms with Gasteiger partial charge in [-0.15, -0.1) is 0 Å². The summed E-state index contributed by atoms with van der Waals surface area (Å²) in [6.07, 6.45) is 1.17. The van der Waals surface area contributed by atoms with Gasteiger partial charge in [0.2, 0.25) is 5.91 Å². The highest BCUT2D eigenvalue weighted by Gasteiger charge is 2.51. The Balaban J connectivity index is 1.91. The number of fused-ring (bicyclic) bond motifs is 1. The topological polar surface area (TPSA) is 84.2 Å². The molecular formula is C16H17F2N3O3. The van der Waals surface area contributed by atoms with Gasteiger partial charge in [0.1, 0.15) is 11.2 Å². The zero-order chi connectivity index (χ0) is 17.5. The number of aromatic nitrogens is 2. The number of carbonyl (C=O) groups excluding carboxylic acids is 1. The van der Waals surface area contributed by atoms with Crippen molar-refractivity contribution in [2.75, 3.05) is 0 Å². The van der Waals surface area contributed by atoms with E-state index in [1.165, 1.54) is 13.0 Å². The van der Waals surface area contributed by atoms with Gasteiger partial charge in [-0.05, 0) is 31.9 Å². The molecule has 6 nitrogen and oxygen atoms in total. The fourth-order valence-electron chi connectivity index (χ4n) is 3.04. The smallest absolute Gasteiger partial charge is 0.320 e. The van der Waals surface area contributed by atoms with Crippen molar-refractivity contribution in [2.24, 2.45) is 5.41 Å². The van der Waals surface area contributed by atoms with Crippen molar-refractivity contribution in [3.05, 3.63) is 30.1 Å². The van der Waals surface area contributed by atoms with Crippen LogP contribution in [0.3, 0.4) is 0 Å². The van der Waals surface area contributed by atoms with Gasteiger partial charge in [0.25, 0.3) is 0 Å². The number of carboxylic acid groups (broad SMARTS) is 1. The first-order valence-electron chi connectivity index (χ1n) is 7.66. The molecule has 24 heavy (non-hydrogen) atoms. The predicted octanol–water partition coefficient (Wildman–Crippen LogP) is 2.86. The van der Waals surface area contributed by atoms with Gasteiger partial charge >= 0.3 is 12.5 Å². The largest absolute Gasteiger partial charge is 0.480 e. The third-order valence-corrected chi connectivity index (χ3v) is 4.60. The number of rotatable bonds is 5. The zero-order valence-electron chi connectivity index (χ0n) is 13.0. The molecule has 1 amide bonds. The maximum absolute atomic E-state index is 13.4. The molecule has 1 heterocycles. The summed E-state index contributed by atoms with van der Waals surface area (Å²) >= 11 is 0. The van der Waals surface area contributed by atoms with E-state index in [9.17, 15) is 23.5 Å². The Morgan fingerprint density at radius 3 is 2.54 bits per heavy atom. The van der Waals surface area contributed by atoms with Crippen LogP contribution in [0.1, 0.15) is 44.6 Å². The van der Waals surface area contributed by atoms with E-state index >= 15 is 0 Å². The number of benzene rings is 1. The molecule has 0 aliphatic heterocycles. The Hall–Kier alpha value is -2.51. The lowest BCUT2D eigenvalue weighted by molar-refractivity contribution is -0.162. The van der Waals surface area contributed by atoms with Crippen LogP contribution in [0.5, 0.6) is 0 Å². The molecule has 2 N–H and O–H groups in total. The third kappa shape index (κ3) is 2.42. The summed E-state index contributed by atoms with van der Waals surface area (Å²) in [4.78, 5) is 27.9. The molecule has 2 aromatic rings. The number of hydrogen-bond acceptors (Lipinski definition) is 3. The van der Waals surface area contributed by atoms with Crippen LogP contribution in [-0.4, -0.2) is 26.5 Å². The van der Waals surface area contributed by atoms with E-state index in [1.54, 1.807) is 18.2 Å². The molecule has 0 bridgehead atoms. The summed E-state index contributed by atoms with van der Waals surface area (Å²) in [7, 11) is 0. The number of nitrogens with one attached hydrogen (secondary N) is 1. The van der Waals surface area contributed by atoms with Crippen LogP contribution in [0.2, 0.25) is 0 Å². The van der Waals surface area contributed by atoms with E-state index in [1.807, 2.05) is 0 Å². The van der Waals surface area contributed by atoms with Crippen molar-refractivity contribution in [3.8, 4) is 0 Å². The van der Waals surface area contributed by atoms with Crippen molar-refractivity contribution < 1.29 is 23.5 Å². The fourth-order valence-corrected chi connectivity index (χ4v) is 3.04. The van der Waals surface area contributed by atoms with E-state index in [0.29, 0.717) is 11.9 Å². The van der Waals surface area contributed by atoms with E-state index in [-0.39, 0.29) is 24.2 Å². The maximum atomic E-state index is 13.4. The Kier molecular flexibility index (Phi) is 3.98. The van der Waals surface area contributed by atoms with E-state index in [0.717, 1.165) is 4.57 Å². The second-order valence-corrected chi connectivity index (χ2v) is 6.04. The number of nitrogens with zero attached hydrogens (tertiary/aromatic N) is 2. The van der Waals surface area contributed by atoms with Gasteiger partial charge in [0.05, 0.1) is 17.1 Å². The van der Waals surface area contributed by atoms with Crippen LogP contribution < -0.4 is 5.32 Å². The second kappa shape index (κ2) is 5.85. The highest BCUT2D eigenvalue weighted by molar-refractivity contribution is 6.03. The highest BCUT2D eigenvalue weighted by atomic mass is 19.3. The molecule has 0 saturated heterocycles. The number of hydrogen-bond donors (Lipinski definition) is 2. The average Bonchev–Trinajstić information content (AvgIpc) is 2.84. The fraction of sp³-hybridized carbons (Fsp3) is 0.438. The molecule has 1 fully saturated rings. The summed E-state index contributed by atoms with van der Waals surface area (Å²) in [6, 6.07) is 5.61. The summed E-state index contributed by atoms with van der Waals surface area (Å²) in [6.45, 7) is -1.30. The predicted molar refractivity (Wildman–Crippen MR) is 81.5 cm³/mol. The van der Waals surface area contributed by atoms with Crippen LogP contribution in [0.25, 0.3) is 11.0 Å². The first kappa shape index (κ1) is 16.4. The summed E-state index contributed by atoms with van der Waals surface area (Å²) in [5.41, 5.74) is -0.790. The van der Waals surface area contributed by atoms with E-state index in [4.69, 9.17) is 0 Å². The van der Waals surface area contributed by atoms with Crippen molar-refractivity contribution in [3.63, 3.8) is 0 Å². The number of para-hydroxylation sites is 2. The minimum atomic E-state index is -2.82. The van der Waals surface area contributed by atoms with Gasteiger partial charge < -0.3 is 10.4 Å². The molecule has 1 saturated carbocycles. The standard InChI is InChI=1S/C16H17F2N3O3/c1-9(19-13(22)16(14(23)24)7-4-8-16)12-20-10-5-2-3-6-11(10)21(12)15(17)18/h2-3,5-6,9,15H,4,7-8H2,1H3,(H,19,22)(H,23,24). The lowest BCUT2D eigenvalue weighted by Crippen LogP contribution is -2.51. The number of alkyl halides is 2. The van der Waals surface area contributed by atoms with E-state index < -0.39 is 29.9 Å².